The molecule has 0 radical (unpaired) electrons. The first-order valence-corrected chi connectivity index (χ1v) is 4.07. The third-order valence-electron chi connectivity index (χ3n) is 2.09. The number of anilines is 1. The van der Waals surface area contributed by atoms with Crippen LogP contribution < -0.4 is 5.73 Å². The molecule has 13 heavy (non-hydrogen) atoms. The van der Waals surface area contributed by atoms with Crippen LogP contribution in [0.15, 0.2) is 41.4 Å². The molecule has 0 saturated carbocycles. The lowest BCUT2D eigenvalue weighted by Gasteiger charge is -2.03. The average molecular weight is 170 g/mol. The summed E-state index contributed by atoms with van der Waals surface area (Å²) in [6.45, 7) is 3.52. The molecule has 0 aliphatic heterocycles. The van der Waals surface area contributed by atoms with Crippen LogP contribution in [-0.4, -0.2) is 6.72 Å². The minimum absolute atomic E-state index is 0.750. The fraction of sp³-hybridized carbons (Fsp3) is 0. The quantitative estimate of drug-likeness (QED) is 0.518. The summed E-state index contributed by atoms with van der Waals surface area (Å²) in [5.74, 6) is 0. The monoisotopic (exact) mass is 170 g/mol. The maximum atomic E-state index is 5.84. The Balaban J connectivity index is 2.94. The van der Waals surface area contributed by atoms with Gasteiger partial charge in [0.2, 0.25) is 0 Å². The minimum atomic E-state index is 0.750. The second-order valence-electron chi connectivity index (χ2n) is 2.88. The topological polar surface area (TPSA) is 38.4 Å². The molecule has 0 unspecified atom stereocenters. The maximum absolute atomic E-state index is 5.84. The largest absolute Gasteiger partial charge is 0.398 e. The van der Waals surface area contributed by atoms with Crippen molar-refractivity contribution in [3.63, 3.8) is 0 Å². The molecule has 0 amide bonds. The van der Waals surface area contributed by atoms with Crippen molar-refractivity contribution in [2.24, 2.45) is 4.99 Å². The van der Waals surface area contributed by atoms with Crippen LogP contribution in [0, 0.1) is 0 Å². The predicted octanol–water partition coefficient (Wildman–Crippen LogP) is 2.75. The van der Waals surface area contributed by atoms with E-state index in [2.05, 4.69) is 11.7 Å². The highest BCUT2D eigenvalue weighted by Crippen LogP contribution is 2.30. The van der Waals surface area contributed by atoms with Gasteiger partial charge in [-0.2, -0.15) is 0 Å². The number of rotatable bonds is 1. The molecule has 0 aliphatic rings. The Morgan fingerprint density at radius 3 is 2.46 bits per heavy atom. The number of aliphatic imine (C=N–C) groups is 1. The molecule has 2 rings (SSSR count). The van der Waals surface area contributed by atoms with Gasteiger partial charge in [-0.3, -0.25) is 4.99 Å². The summed E-state index contributed by atoms with van der Waals surface area (Å²) in [5.41, 5.74) is 7.44. The van der Waals surface area contributed by atoms with E-state index >= 15 is 0 Å². The lowest BCUT2D eigenvalue weighted by Crippen LogP contribution is -1.86. The SMILES string of the molecule is C=Nc1cccc2cccc(N)c12. The van der Waals surface area contributed by atoms with Gasteiger partial charge in [0.1, 0.15) is 0 Å². The molecule has 2 aromatic rings. The van der Waals surface area contributed by atoms with E-state index in [1.54, 1.807) is 0 Å². The summed E-state index contributed by atoms with van der Waals surface area (Å²) < 4.78 is 0. The van der Waals surface area contributed by atoms with Crippen LogP contribution in [0.2, 0.25) is 0 Å². The van der Waals surface area contributed by atoms with Gasteiger partial charge in [-0.1, -0.05) is 24.3 Å². The first-order valence-electron chi connectivity index (χ1n) is 4.07. The van der Waals surface area contributed by atoms with Gasteiger partial charge in [-0.05, 0) is 24.2 Å². The Morgan fingerprint density at radius 2 is 1.77 bits per heavy atom. The predicted molar refractivity (Wildman–Crippen MR) is 57.6 cm³/mol. The third kappa shape index (κ3) is 1.16. The maximum Gasteiger partial charge on any atom is 0.0721 e. The number of hydrogen-bond acceptors (Lipinski definition) is 2. The number of fused-ring (bicyclic) bond motifs is 1. The Kier molecular flexibility index (Phi) is 1.74. The molecule has 0 saturated heterocycles. The van der Waals surface area contributed by atoms with E-state index < -0.39 is 0 Å². The van der Waals surface area contributed by atoms with E-state index in [1.165, 1.54) is 0 Å². The van der Waals surface area contributed by atoms with E-state index in [-0.39, 0.29) is 0 Å². The molecule has 2 nitrogen and oxygen atoms in total. The normalized spacial score (nSPS) is 10.2. The summed E-state index contributed by atoms with van der Waals surface area (Å²) >= 11 is 0. The van der Waals surface area contributed by atoms with E-state index in [9.17, 15) is 0 Å². The molecule has 0 aromatic heterocycles. The number of nitrogen functional groups attached to an aromatic ring is 1. The zero-order valence-electron chi connectivity index (χ0n) is 7.20. The molecule has 0 bridgehead atoms. The molecular weight excluding hydrogens is 160 g/mol. The van der Waals surface area contributed by atoms with Gasteiger partial charge in [0.25, 0.3) is 0 Å². The van der Waals surface area contributed by atoms with Crippen LogP contribution in [0.4, 0.5) is 11.4 Å². The summed E-state index contributed by atoms with van der Waals surface area (Å²) in [4.78, 5) is 3.93. The summed E-state index contributed by atoms with van der Waals surface area (Å²) in [5, 5.41) is 2.09. The number of hydrogen-bond donors (Lipinski definition) is 1. The first kappa shape index (κ1) is 7.80. The van der Waals surface area contributed by atoms with Crippen molar-refractivity contribution in [3.05, 3.63) is 36.4 Å². The highest BCUT2D eigenvalue weighted by Gasteiger charge is 2.00. The van der Waals surface area contributed by atoms with E-state index in [4.69, 9.17) is 5.73 Å². The third-order valence-corrected chi connectivity index (χ3v) is 2.09. The zero-order chi connectivity index (χ0) is 9.26. The molecule has 2 aromatic carbocycles. The molecule has 0 aliphatic carbocycles. The lowest BCUT2D eigenvalue weighted by atomic mass is 10.1. The van der Waals surface area contributed by atoms with Gasteiger partial charge in [-0.15, -0.1) is 0 Å². The number of benzene rings is 2. The van der Waals surface area contributed by atoms with Crippen molar-refractivity contribution in [3.8, 4) is 0 Å². The Morgan fingerprint density at radius 1 is 1.08 bits per heavy atom. The van der Waals surface area contributed by atoms with E-state index in [1.807, 2.05) is 36.4 Å². The van der Waals surface area contributed by atoms with Gasteiger partial charge >= 0.3 is 0 Å². The van der Waals surface area contributed by atoms with E-state index in [0.29, 0.717) is 0 Å². The molecule has 0 atom stereocenters. The number of nitrogens with zero attached hydrogens (tertiary/aromatic N) is 1. The fourth-order valence-corrected chi connectivity index (χ4v) is 1.48. The molecule has 0 spiro atoms. The highest BCUT2D eigenvalue weighted by atomic mass is 14.7. The second-order valence-corrected chi connectivity index (χ2v) is 2.88. The Labute approximate surface area is 76.7 Å². The van der Waals surface area contributed by atoms with Crippen LogP contribution in [0.3, 0.4) is 0 Å². The molecule has 2 N–H and O–H groups in total. The second kappa shape index (κ2) is 2.90. The van der Waals surface area contributed by atoms with Gasteiger partial charge in [-0.25, -0.2) is 0 Å². The standard InChI is InChI=1S/C11H10N2/c1-13-10-7-3-5-8-4-2-6-9(12)11(8)10/h2-7H,1,12H2. The summed E-state index contributed by atoms with van der Waals surface area (Å²) in [6.07, 6.45) is 0. The van der Waals surface area contributed by atoms with Crippen LogP contribution in [0.5, 0.6) is 0 Å². The lowest BCUT2D eigenvalue weighted by molar-refractivity contribution is 1.60. The summed E-state index contributed by atoms with van der Waals surface area (Å²) in [7, 11) is 0. The van der Waals surface area contributed by atoms with Crippen LogP contribution in [0.25, 0.3) is 10.8 Å². The van der Waals surface area contributed by atoms with Crippen molar-refractivity contribution >= 4 is 28.9 Å². The van der Waals surface area contributed by atoms with Gasteiger partial charge in [0.15, 0.2) is 0 Å². The first-order chi connectivity index (χ1) is 6.33. The van der Waals surface area contributed by atoms with Crippen molar-refractivity contribution in [2.75, 3.05) is 5.73 Å². The highest BCUT2D eigenvalue weighted by molar-refractivity contribution is 6.01. The van der Waals surface area contributed by atoms with E-state index in [0.717, 1.165) is 22.1 Å². The molecule has 64 valence electrons. The van der Waals surface area contributed by atoms with Crippen LogP contribution in [0.1, 0.15) is 0 Å². The van der Waals surface area contributed by atoms with Crippen molar-refractivity contribution in [1.29, 1.82) is 0 Å². The fourth-order valence-electron chi connectivity index (χ4n) is 1.48. The Hall–Kier alpha value is -1.83. The Bertz CT molecular complexity index is 455. The summed E-state index contributed by atoms with van der Waals surface area (Å²) in [6, 6.07) is 11.7. The van der Waals surface area contributed by atoms with Crippen molar-refractivity contribution in [1.82, 2.24) is 0 Å². The minimum Gasteiger partial charge on any atom is -0.398 e. The molecule has 0 fully saturated rings. The number of nitrogens with two attached hydrogens (primary N) is 1. The zero-order valence-corrected chi connectivity index (χ0v) is 7.20. The van der Waals surface area contributed by atoms with Crippen molar-refractivity contribution < 1.29 is 0 Å². The molecule has 2 heteroatoms. The van der Waals surface area contributed by atoms with Gasteiger partial charge < -0.3 is 5.73 Å². The van der Waals surface area contributed by atoms with Gasteiger partial charge in [0.05, 0.1) is 5.69 Å². The van der Waals surface area contributed by atoms with Crippen LogP contribution in [-0.2, 0) is 0 Å². The van der Waals surface area contributed by atoms with Crippen LogP contribution >= 0.6 is 0 Å². The van der Waals surface area contributed by atoms with Crippen molar-refractivity contribution in [2.45, 2.75) is 0 Å². The van der Waals surface area contributed by atoms with Gasteiger partial charge in [0, 0.05) is 11.1 Å². The average Bonchev–Trinajstić information content (AvgIpc) is 2.17. The molecular formula is C11H10N2. The molecule has 0 heterocycles. The smallest absolute Gasteiger partial charge is 0.0721 e.